The largest absolute Gasteiger partial charge is 0.352 e. The molecule has 0 fully saturated rings. The van der Waals surface area contributed by atoms with Crippen molar-refractivity contribution in [1.82, 2.24) is 15.5 Å². The highest BCUT2D eigenvalue weighted by atomic mass is 16.1. The van der Waals surface area contributed by atoms with Crippen molar-refractivity contribution in [2.45, 2.75) is 19.9 Å². The Morgan fingerprint density at radius 1 is 1.79 bits per heavy atom. The van der Waals surface area contributed by atoms with Crippen LogP contribution in [0.5, 0.6) is 0 Å². The van der Waals surface area contributed by atoms with Crippen molar-refractivity contribution >= 4 is 5.91 Å². The molecule has 0 aliphatic carbocycles. The maximum atomic E-state index is 11.4. The van der Waals surface area contributed by atoms with Gasteiger partial charge in [-0.15, -0.1) is 0 Å². The molecule has 0 aromatic carbocycles. The van der Waals surface area contributed by atoms with Crippen LogP contribution in [0.4, 0.5) is 0 Å². The summed E-state index contributed by atoms with van der Waals surface area (Å²) in [6.45, 7) is 2.93. The smallest absolute Gasteiger partial charge is 0.223 e. The van der Waals surface area contributed by atoms with E-state index in [0.717, 1.165) is 12.0 Å². The lowest BCUT2D eigenvalue weighted by atomic mass is 10.1. The normalized spacial score (nSPS) is 12.4. The van der Waals surface area contributed by atoms with Crippen LogP contribution in [0.3, 0.4) is 0 Å². The summed E-state index contributed by atoms with van der Waals surface area (Å²) in [5, 5.41) is 9.29. The Bertz CT molecular complexity index is 270. The summed E-state index contributed by atoms with van der Waals surface area (Å²) in [5.74, 6) is 0.0172. The van der Waals surface area contributed by atoms with E-state index in [1.807, 2.05) is 6.92 Å². The van der Waals surface area contributed by atoms with Crippen LogP contribution in [0.2, 0.25) is 0 Å². The average molecular weight is 196 g/mol. The molecule has 78 valence electrons. The molecule has 4 N–H and O–H groups in total. The molecule has 0 bridgehead atoms. The molecule has 0 saturated heterocycles. The van der Waals surface area contributed by atoms with E-state index < -0.39 is 0 Å². The third-order valence-corrected chi connectivity index (χ3v) is 2.07. The average Bonchev–Trinajstić information content (AvgIpc) is 2.67. The summed E-state index contributed by atoms with van der Waals surface area (Å²) in [7, 11) is 0. The zero-order valence-electron chi connectivity index (χ0n) is 8.29. The monoisotopic (exact) mass is 196 g/mol. The van der Waals surface area contributed by atoms with Crippen LogP contribution < -0.4 is 11.1 Å². The lowest BCUT2D eigenvalue weighted by Crippen LogP contribution is -2.29. The second-order valence-electron chi connectivity index (χ2n) is 3.30. The number of H-pyrrole nitrogens is 1. The highest BCUT2D eigenvalue weighted by molar-refractivity contribution is 5.78. The minimum atomic E-state index is -0.0214. The third-order valence-electron chi connectivity index (χ3n) is 2.07. The van der Waals surface area contributed by atoms with Crippen molar-refractivity contribution in [1.29, 1.82) is 0 Å². The number of aromatic nitrogens is 2. The second kappa shape index (κ2) is 5.39. The molecule has 0 aliphatic rings. The van der Waals surface area contributed by atoms with E-state index in [-0.39, 0.29) is 11.8 Å². The van der Waals surface area contributed by atoms with Gasteiger partial charge in [0.05, 0.1) is 6.20 Å². The van der Waals surface area contributed by atoms with E-state index >= 15 is 0 Å². The molecule has 1 amide bonds. The number of rotatable bonds is 5. The number of nitrogens with zero attached hydrogens (tertiary/aromatic N) is 1. The fourth-order valence-electron chi connectivity index (χ4n) is 1.12. The van der Waals surface area contributed by atoms with Crippen molar-refractivity contribution in [2.75, 3.05) is 6.54 Å². The molecule has 5 heteroatoms. The van der Waals surface area contributed by atoms with E-state index in [4.69, 9.17) is 5.73 Å². The molecular weight excluding hydrogens is 180 g/mol. The number of hydrogen-bond acceptors (Lipinski definition) is 3. The van der Waals surface area contributed by atoms with E-state index in [1.165, 1.54) is 0 Å². The summed E-state index contributed by atoms with van der Waals surface area (Å²) >= 11 is 0. The summed E-state index contributed by atoms with van der Waals surface area (Å²) in [6, 6.07) is 0. The summed E-state index contributed by atoms with van der Waals surface area (Å²) in [4.78, 5) is 11.4. The lowest BCUT2D eigenvalue weighted by Gasteiger charge is -2.09. The van der Waals surface area contributed by atoms with Crippen LogP contribution in [0, 0.1) is 5.92 Å². The van der Waals surface area contributed by atoms with Gasteiger partial charge in [0.1, 0.15) is 0 Å². The summed E-state index contributed by atoms with van der Waals surface area (Å²) in [6.07, 6.45) is 4.17. The van der Waals surface area contributed by atoms with Crippen molar-refractivity contribution in [3.63, 3.8) is 0 Å². The number of nitrogens with two attached hydrogens (primary N) is 1. The highest BCUT2D eigenvalue weighted by Crippen LogP contribution is 2.00. The van der Waals surface area contributed by atoms with Crippen molar-refractivity contribution in [3.8, 4) is 0 Å². The quantitative estimate of drug-likeness (QED) is 0.620. The fourth-order valence-corrected chi connectivity index (χ4v) is 1.12. The fraction of sp³-hybridized carbons (Fsp3) is 0.556. The molecule has 1 heterocycles. The van der Waals surface area contributed by atoms with Gasteiger partial charge in [0.15, 0.2) is 0 Å². The molecule has 1 unspecified atom stereocenters. The predicted octanol–water partition coefficient (Wildman–Crippen LogP) is 0.0108. The van der Waals surface area contributed by atoms with Gasteiger partial charge in [0.25, 0.3) is 0 Å². The molecule has 1 aromatic rings. The van der Waals surface area contributed by atoms with Gasteiger partial charge in [0.2, 0.25) is 5.91 Å². The number of hydrogen-bond donors (Lipinski definition) is 3. The number of amides is 1. The third kappa shape index (κ3) is 3.18. The SMILES string of the molecule is CC(CCN)C(=O)NCc1cn[nH]c1. The van der Waals surface area contributed by atoms with Gasteiger partial charge < -0.3 is 11.1 Å². The Morgan fingerprint density at radius 3 is 3.14 bits per heavy atom. The Balaban J connectivity index is 2.27. The van der Waals surface area contributed by atoms with E-state index in [9.17, 15) is 4.79 Å². The molecule has 0 aliphatic heterocycles. The molecule has 1 aromatic heterocycles. The van der Waals surface area contributed by atoms with E-state index in [0.29, 0.717) is 13.1 Å². The van der Waals surface area contributed by atoms with Crippen LogP contribution >= 0.6 is 0 Å². The second-order valence-corrected chi connectivity index (χ2v) is 3.30. The molecular formula is C9H16N4O. The minimum Gasteiger partial charge on any atom is -0.352 e. The van der Waals surface area contributed by atoms with Gasteiger partial charge in [-0.2, -0.15) is 5.10 Å². The van der Waals surface area contributed by atoms with E-state index in [2.05, 4.69) is 15.5 Å². The van der Waals surface area contributed by atoms with Crippen LogP contribution in [0.25, 0.3) is 0 Å². The van der Waals surface area contributed by atoms with Crippen LogP contribution in [-0.4, -0.2) is 22.6 Å². The summed E-state index contributed by atoms with van der Waals surface area (Å²) in [5.41, 5.74) is 6.33. The minimum absolute atomic E-state index is 0.0214. The lowest BCUT2D eigenvalue weighted by molar-refractivity contribution is -0.124. The predicted molar refractivity (Wildman–Crippen MR) is 53.3 cm³/mol. The Kier molecular flexibility index (Phi) is 4.12. The highest BCUT2D eigenvalue weighted by Gasteiger charge is 2.10. The van der Waals surface area contributed by atoms with Gasteiger partial charge in [-0.1, -0.05) is 6.92 Å². The van der Waals surface area contributed by atoms with Crippen molar-refractivity contribution in [2.24, 2.45) is 11.7 Å². The Morgan fingerprint density at radius 2 is 2.57 bits per heavy atom. The number of aromatic amines is 1. The topological polar surface area (TPSA) is 83.8 Å². The molecule has 0 radical (unpaired) electrons. The molecule has 1 rings (SSSR count). The maximum Gasteiger partial charge on any atom is 0.223 e. The maximum absolute atomic E-state index is 11.4. The Labute approximate surface area is 83.1 Å². The number of nitrogens with one attached hydrogen (secondary N) is 2. The first-order valence-electron chi connectivity index (χ1n) is 4.69. The van der Waals surface area contributed by atoms with Gasteiger partial charge >= 0.3 is 0 Å². The standard InChI is InChI=1S/C9H16N4O/c1-7(2-3-10)9(14)11-4-8-5-12-13-6-8/h5-7H,2-4,10H2,1H3,(H,11,14)(H,12,13). The molecule has 0 spiro atoms. The van der Waals surface area contributed by atoms with Gasteiger partial charge in [0, 0.05) is 24.2 Å². The van der Waals surface area contributed by atoms with Crippen LogP contribution in [-0.2, 0) is 11.3 Å². The Hall–Kier alpha value is -1.36. The first kappa shape index (κ1) is 10.7. The number of carbonyl (C=O) groups is 1. The summed E-state index contributed by atoms with van der Waals surface area (Å²) < 4.78 is 0. The van der Waals surface area contributed by atoms with Crippen LogP contribution in [0.15, 0.2) is 12.4 Å². The van der Waals surface area contributed by atoms with Gasteiger partial charge in [-0.25, -0.2) is 0 Å². The molecule has 14 heavy (non-hydrogen) atoms. The van der Waals surface area contributed by atoms with E-state index in [1.54, 1.807) is 12.4 Å². The molecule has 5 nitrogen and oxygen atoms in total. The van der Waals surface area contributed by atoms with Crippen LogP contribution in [0.1, 0.15) is 18.9 Å². The van der Waals surface area contributed by atoms with Crippen molar-refractivity contribution in [3.05, 3.63) is 18.0 Å². The molecule has 0 saturated carbocycles. The van der Waals surface area contributed by atoms with Gasteiger partial charge in [-0.3, -0.25) is 9.89 Å². The number of carbonyl (C=O) groups excluding carboxylic acids is 1. The first-order chi connectivity index (χ1) is 6.74. The zero-order valence-corrected chi connectivity index (χ0v) is 8.29. The molecule has 1 atom stereocenters. The van der Waals surface area contributed by atoms with Crippen molar-refractivity contribution < 1.29 is 4.79 Å². The zero-order chi connectivity index (χ0) is 10.4. The first-order valence-corrected chi connectivity index (χ1v) is 4.69. The van der Waals surface area contributed by atoms with Gasteiger partial charge in [-0.05, 0) is 13.0 Å².